The maximum atomic E-state index is 13.6. The van der Waals surface area contributed by atoms with Crippen molar-refractivity contribution in [2.45, 2.75) is 73.7 Å². The fourth-order valence-electron chi connectivity index (χ4n) is 5.68. The van der Waals surface area contributed by atoms with Crippen LogP contribution in [0.25, 0.3) is 0 Å². The number of anilines is 3. The molecule has 0 heterocycles. The van der Waals surface area contributed by atoms with E-state index in [0.29, 0.717) is 29.6 Å². The van der Waals surface area contributed by atoms with Crippen LogP contribution in [0.1, 0.15) is 63.3 Å². The molecule has 0 bridgehead atoms. The van der Waals surface area contributed by atoms with Crippen LogP contribution in [0.3, 0.4) is 0 Å². The van der Waals surface area contributed by atoms with Crippen LogP contribution in [-0.2, 0) is 56.8 Å². The predicted octanol–water partition coefficient (Wildman–Crippen LogP) is 10.3. The van der Waals surface area contributed by atoms with Crippen LogP contribution < -0.4 is 15.5 Å². The van der Waals surface area contributed by atoms with Crippen molar-refractivity contribution >= 4 is 43.0 Å². The van der Waals surface area contributed by atoms with Crippen molar-refractivity contribution in [2.24, 2.45) is 11.8 Å². The first-order valence-electron chi connectivity index (χ1n) is 19.4. The highest BCUT2D eigenvalue weighted by Gasteiger charge is 2.30. The topological polar surface area (TPSA) is 151 Å². The van der Waals surface area contributed by atoms with Crippen LogP contribution in [0, 0.1) is 18.8 Å². The molecule has 0 aromatic heterocycles. The highest BCUT2D eigenvalue weighted by atomic mass is 31.2. The lowest BCUT2D eigenvalue weighted by atomic mass is 10.1. The quantitative estimate of drug-likeness (QED) is 0.0443. The molecule has 312 valence electrons. The first-order valence-corrected chi connectivity index (χ1v) is 20.9. The van der Waals surface area contributed by atoms with Crippen molar-refractivity contribution < 1.29 is 46.7 Å². The molecule has 4 rings (SSSR count). The van der Waals surface area contributed by atoms with E-state index in [1.165, 1.54) is 6.92 Å². The van der Waals surface area contributed by atoms with Gasteiger partial charge in [0.2, 0.25) is 6.79 Å². The van der Waals surface area contributed by atoms with Gasteiger partial charge in [0.05, 0.1) is 24.6 Å². The SMILES string of the molecule is Cc1ccc(NC(=O)Nc2cc(CCC(=O)OCOC(=O)OC[C@H](C)OP(=O)(OCc3ccccc3)OCc3ccccc3)ccc2N(CC(C)C)CC(C)C)cc1. The summed E-state index contributed by atoms with van der Waals surface area (Å²) in [5.74, 6) is 0.159. The predicted molar refractivity (Wildman–Crippen MR) is 224 cm³/mol. The fourth-order valence-corrected chi connectivity index (χ4v) is 6.99. The number of rotatable bonds is 22. The maximum Gasteiger partial charge on any atom is 0.511 e. The van der Waals surface area contributed by atoms with Crippen LogP contribution >= 0.6 is 7.82 Å². The molecule has 1 atom stereocenters. The summed E-state index contributed by atoms with van der Waals surface area (Å²) in [6, 6.07) is 31.2. The Bertz CT molecular complexity index is 1870. The van der Waals surface area contributed by atoms with Crippen molar-refractivity contribution in [3.63, 3.8) is 0 Å². The maximum absolute atomic E-state index is 13.6. The zero-order valence-electron chi connectivity index (χ0n) is 34.2. The van der Waals surface area contributed by atoms with Gasteiger partial charge >= 0.3 is 26.0 Å². The van der Waals surface area contributed by atoms with Crippen LogP contribution in [0.4, 0.5) is 26.7 Å². The van der Waals surface area contributed by atoms with Crippen molar-refractivity contribution in [1.82, 2.24) is 0 Å². The summed E-state index contributed by atoms with van der Waals surface area (Å²) in [5, 5.41) is 5.90. The largest absolute Gasteiger partial charge is 0.511 e. The summed E-state index contributed by atoms with van der Waals surface area (Å²) in [7, 11) is -4.11. The highest BCUT2D eigenvalue weighted by molar-refractivity contribution is 7.48. The average Bonchev–Trinajstić information content (AvgIpc) is 3.19. The van der Waals surface area contributed by atoms with E-state index in [1.54, 1.807) is 0 Å². The van der Waals surface area contributed by atoms with Crippen LogP contribution in [0.2, 0.25) is 0 Å². The van der Waals surface area contributed by atoms with E-state index in [1.807, 2.05) is 110 Å². The summed E-state index contributed by atoms with van der Waals surface area (Å²) in [6.07, 6.45) is -1.73. The molecule has 2 N–H and O–H groups in total. The number of ether oxygens (including phenoxy) is 3. The molecule has 4 aromatic carbocycles. The van der Waals surface area contributed by atoms with E-state index in [0.717, 1.165) is 41.0 Å². The Kier molecular flexibility index (Phi) is 18.3. The van der Waals surface area contributed by atoms with Crippen molar-refractivity contribution in [1.29, 1.82) is 0 Å². The van der Waals surface area contributed by atoms with Crippen molar-refractivity contribution in [2.75, 3.05) is 42.0 Å². The number of esters is 1. The third kappa shape index (κ3) is 16.7. The number of nitrogens with one attached hydrogen (secondary N) is 2. The molecule has 0 spiro atoms. The minimum absolute atomic E-state index is 0.0133. The molecule has 14 heteroatoms. The molecule has 0 fully saturated rings. The standard InChI is InChI=1S/C44H56N3O10P/c1-32(2)26-47(27-33(3)4)41-23-19-36(25-40(41)46-43(49)45-39-21-17-34(5)18-22-39)20-24-42(48)53-31-54-44(50)52-28-35(6)57-58(51,55-29-37-13-9-7-10-14-37)56-30-38-15-11-8-12-16-38/h7-19,21-23,25,32-33,35H,20,24,26-31H2,1-6H3,(H2,45,46,49)/t35-/m0/s1. The molecule has 0 aliphatic heterocycles. The summed E-state index contributed by atoms with van der Waals surface area (Å²) in [6.45, 7) is 12.6. The van der Waals surface area contributed by atoms with Gasteiger partial charge in [0, 0.05) is 25.2 Å². The van der Waals surface area contributed by atoms with Crippen molar-refractivity contribution in [3.05, 3.63) is 125 Å². The molecule has 0 aliphatic rings. The summed E-state index contributed by atoms with van der Waals surface area (Å²) < 4.78 is 45.6. The summed E-state index contributed by atoms with van der Waals surface area (Å²) in [5.41, 5.74) is 5.57. The molecule has 0 aliphatic carbocycles. The molecule has 58 heavy (non-hydrogen) atoms. The number of carbonyl (C=O) groups excluding carboxylic acids is 3. The molecule has 4 aromatic rings. The van der Waals surface area contributed by atoms with Gasteiger partial charge in [-0.15, -0.1) is 0 Å². The molecule has 2 amide bonds. The van der Waals surface area contributed by atoms with E-state index in [4.69, 9.17) is 27.8 Å². The lowest BCUT2D eigenvalue weighted by Gasteiger charge is -2.30. The first-order chi connectivity index (χ1) is 27.8. The normalized spacial score (nSPS) is 11.9. The highest BCUT2D eigenvalue weighted by Crippen LogP contribution is 2.52. The van der Waals surface area contributed by atoms with Gasteiger partial charge in [0.25, 0.3) is 0 Å². The van der Waals surface area contributed by atoms with E-state index in [-0.39, 0.29) is 32.3 Å². The number of urea groups is 1. The zero-order chi connectivity index (χ0) is 41.9. The number of nitrogens with zero attached hydrogens (tertiary/aromatic N) is 1. The van der Waals surface area contributed by atoms with Gasteiger partial charge in [-0.2, -0.15) is 0 Å². The second kappa shape index (κ2) is 23.3. The van der Waals surface area contributed by atoms with E-state index in [2.05, 4.69) is 43.2 Å². The number of hydrogen-bond donors (Lipinski definition) is 2. The number of benzene rings is 4. The van der Waals surface area contributed by atoms with Gasteiger partial charge in [-0.1, -0.05) is 112 Å². The molecule has 0 saturated heterocycles. The number of hydrogen-bond acceptors (Lipinski definition) is 11. The summed E-state index contributed by atoms with van der Waals surface area (Å²) >= 11 is 0. The first kappa shape index (κ1) is 45.5. The number of aryl methyl sites for hydroxylation is 2. The van der Waals surface area contributed by atoms with Gasteiger partial charge in [-0.25, -0.2) is 14.2 Å². The minimum Gasteiger partial charge on any atom is -0.431 e. The Morgan fingerprint density at radius 3 is 1.84 bits per heavy atom. The zero-order valence-corrected chi connectivity index (χ0v) is 35.1. The third-order valence-electron chi connectivity index (χ3n) is 8.35. The lowest BCUT2D eigenvalue weighted by molar-refractivity contribution is -0.153. The average molecular weight is 818 g/mol. The molecular formula is C44H56N3O10P. The van der Waals surface area contributed by atoms with E-state index < -0.39 is 32.8 Å². The molecule has 0 radical (unpaired) electrons. The van der Waals surface area contributed by atoms with Gasteiger partial charge in [0.1, 0.15) is 12.7 Å². The molecule has 13 nitrogen and oxygen atoms in total. The number of phosphoric ester groups is 1. The van der Waals surface area contributed by atoms with Gasteiger partial charge in [-0.3, -0.25) is 18.4 Å². The van der Waals surface area contributed by atoms with Gasteiger partial charge < -0.3 is 29.7 Å². The minimum atomic E-state index is -4.11. The Labute approximate surface area is 341 Å². The third-order valence-corrected chi connectivity index (χ3v) is 9.86. The number of carbonyl (C=O) groups is 3. The van der Waals surface area contributed by atoms with Crippen molar-refractivity contribution in [3.8, 4) is 0 Å². The molecule has 0 saturated carbocycles. The smallest absolute Gasteiger partial charge is 0.431 e. The Morgan fingerprint density at radius 1 is 0.690 bits per heavy atom. The summed E-state index contributed by atoms with van der Waals surface area (Å²) in [4.78, 5) is 40.3. The van der Waals surface area contributed by atoms with E-state index in [9.17, 15) is 18.9 Å². The van der Waals surface area contributed by atoms with Crippen LogP contribution in [0.15, 0.2) is 103 Å². The van der Waals surface area contributed by atoms with Gasteiger partial charge in [0.15, 0.2) is 0 Å². The lowest BCUT2D eigenvalue weighted by Crippen LogP contribution is -2.32. The fraction of sp³-hybridized carbons (Fsp3) is 0.386. The van der Waals surface area contributed by atoms with E-state index >= 15 is 0 Å². The van der Waals surface area contributed by atoms with Crippen LogP contribution in [0.5, 0.6) is 0 Å². The monoisotopic (exact) mass is 817 g/mol. The Balaban J connectivity index is 1.27. The number of phosphoric acid groups is 1. The molecular weight excluding hydrogens is 761 g/mol. The second-order valence-corrected chi connectivity index (χ2v) is 16.3. The second-order valence-electron chi connectivity index (χ2n) is 14.7. The van der Waals surface area contributed by atoms with Crippen LogP contribution in [-0.4, -0.2) is 50.7 Å². The molecule has 0 unspecified atom stereocenters. The van der Waals surface area contributed by atoms with Gasteiger partial charge in [-0.05, 0) is 73.1 Å². The Morgan fingerprint density at radius 2 is 1.28 bits per heavy atom. The number of amides is 2. The Hall–Kier alpha value is -5.20.